The first kappa shape index (κ1) is 16.7. The Morgan fingerprint density at radius 2 is 1.83 bits per heavy atom. The van der Waals surface area contributed by atoms with Gasteiger partial charge in [-0.25, -0.2) is 4.39 Å². The Morgan fingerprint density at radius 3 is 2.48 bits per heavy atom. The highest BCUT2D eigenvalue weighted by Gasteiger charge is 2.05. The quantitative estimate of drug-likeness (QED) is 0.825. The largest absolute Gasteiger partial charge is 0.491 e. The molecule has 2 aromatic carbocycles. The molecular formula is C19H20FNO2. The highest BCUT2D eigenvalue weighted by molar-refractivity contribution is 5.91. The fourth-order valence-electron chi connectivity index (χ4n) is 1.93. The standard InChI is InChI=1S/C19H20FNO2/c1-14-3-10-18(11-4-14)23-13-15(2)21-19(22)12-7-16-5-8-17(20)9-6-16/h3-12,15H,13H2,1-2H3,(H,21,22)/b12-7+. The SMILES string of the molecule is Cc1ccc(OCC(C)NC(=O)/C=C/c2ccc(F)cc2)cc1. The van der Waals surface area contributed by atoms with Gasteiger partial charge in [0.1, 0.15) is 18.2 Å². The number of carbonyl (C=O) groups is 1. The van der Waals surface area contributed by atoms with E-state index in [-0.39, 0.29) is 17.8 Å². The van der Waals surface area contributed by atoms with Crippen molar-refractivity contribution in [3.8, 4) is 5.75 Å². The normalized spacial score (nSPS) is 12.1. The number of hydrogen-bond donors (Lipinski definition) is 1. The van der Waals surface area contributed by atoms with Gasteiger partial charge in [-0.05, 0) is 49.8 Å². The summed E-state index contributed by atoms with van der Waals surface area (Å²) in [6.45, 7) is 4.27. The zero-order chi connectivity index (χ0) is 16.7. The second kappa shape index (κ2) is 8.13. The summed E-state index contributed by atoms with van der Waals surface area (Å²) < 4.78 is 18.4. The summed E-state index contributed by atoms with van der Waals surface area (Å²) in [6.07, 6.45) is 3.07. The molecule has 1 amide bonds. The Bertz CT molecular complexity index is 663. The average Bonchev–Trinajstić information content (AvgIpc) is 2.54. The Labute approximate surface area is 135 Å². The van der Waals surface area contributed by atoms with Gasteiger partial charge in [-0.3, -0.25) is 4.79 Å². The lowest BCUT2D eigenvalue weighted by Crippen LogP contribution is -2.35. The van der Waals surface area contributed by atoms with E-state index in [0.717, 1.165) is 11.3 Å². The molecule has 0 heterocycles. The van der Waals surface area contributed by atoms with Gasteiger partial charge in [0, 0.05) is 6.08 Å². The summed E-state index contributed by atoms with van der Waals surface area (Å²) in [5, 5.41) is 2.82. The molecule has 2 aromatic rings. The number of amides is 1. The van der Waals surface area contributed by atoms with Crippen LogP contribution in [0.3, 0.4) is 0 Å². The number of halogens is 1. The van der Waals surface area contributed by atoms with Gasteiger partial charge >= 0.3 is 0 Å². The third-order valence-electron chi connectivity index (χ3n) is 3.21. The summed E-state index contributed by atoms with van der Waals surface area (Å²) >= 11 is 0. The molecule has 23 heavy (non-hydrogen) atoms. The summed E-state index contributed by atoms with van der Waals surface area (Å²) in [6, 6.07) is 13.6. The molecule has 0 aliphatic heterocycles. The van der Waals surface area contributed by atoms with Crippen LogP contribution >= 0.6 is 0 Å². The van der Waals surface area contributed by atoms with Crippen LogP contribution in [0.2, 0.25) is 0 Å². The lowest BCUT2D eigenvalue weighted by molar-refractivity contribution is -0.117. The Hall–Kier alpha value is -2.62. The first-order chi connectivity index (χ1) is 11.0. The maximum absolute atomic E-state index is 12.8. The van der Waals surface area contributed by atoms with Crippen LogP contribution in [0, 0.1) is 12.7 Å². The first-order valence-corrected chi connectivity index (χ1v) is 7.46. The second-order valence-corrected chi connectivity index (χ2v) is 5.42. The summed E-state index contributed by atoms with van der Waals surface area (Å²) in [4.78, 5) is 11.8. The van der Waals surface area contributed by atoms with Crippen molar-refractivity contribution in [2.75, 3.05) is 6.61 Å². The van der Waals surface area contributed by atoms with Gasteiger partial charge in [-0.15, -0.1) is 0 Å². The van der Waals surface area contributed by atoms with Crippen LogP contribution in [-0.2, 0) is 4.79 Å². The van der Waals surface area contributed by atoms with E-state index in [0.29, 0.717) is 6.61 Å². The van der Waals surface area contributed by atoms with Gasteiger partial charge in [-0.1, -0.05) is 29.8 Å². The fraction of sp³-hybridized carbons (Fsp3) is 0.211. The Balaban J connectivity index is 1.77. The lowest BCUT2D eigenvalue weighted by Gasteiger charge is -2.14. The Kier molecular flexibility index (Phi) is 5.92. The molecule has 1 unspecified atom stereocenters. The van der Waals surface area contributed by atoms with E-state index in [1.54, 1.807) is 18.2 Å². The molecule has 0 radical (unpaired) electrons. The van der Waals surface area contributed by atoms with Gasteiger partial charge in [0.2, 0.25) is 5.91 Å². The zero-order valence-corrected chi connectivity index (χ0v) is 13.3. The molecule has 0 aliphatic carbocycles. The molecule has 2 rings (SSSR count). The smallest absolute Gasteiger partial charge is 0.244 e. The average molecular weight is 313 g/mol. The number of ether oxygens (including phenoxy) is 1. The van der Waals surface area contributed by atoms with Crippen LogP contribution in [-0.4, -0.2) is 18.6 Å². The minimum Gasteiger partial charge on any atom is -0.491 e. The van der Waals surface area contributed by atoms with Crippen LogP contribution in [0.25, 0.3) is 6.08 Å². The fourth-order valence-corrected chi connectivity index (χ4v) is 1.93. The van der Waals surface area contributed by atoms with Crippen LogP contribution in [0.5, 0.6) is 5.75 Å². The molecule has 0 aliphatic rings. The number of benzene rings is 2. The predicted molar refractivity (Wildman–Crippen MR) is 89.7 cm³/mol. The van der Waals surface area contributed by atoms with Gasteiger partial charge in [-0.2, -0.15) is 0 Å². The number of aryl methyl sites for hydroxylation is 1. The Morgan fingerprint density at radius 1 is 1.17 bits per heavy atom. The van der Waals surface area contributed by atoms with Crippen molar-refractivity contribution in [3.05, 3.63) is 71.6 Å². The molecule has 0 saturated carbocycles. The van der Waals surface area contributed by atoms with E-state index >= 15 is 0 Å². The van der Waals surface area contributed by atoms with Crippen molar-refractivity contribution >= 4 is 12.0 Å². The number of rotatable bonds is 6. The first-order valence-electron chi connectivity index (χ1n) is 7.46. The molecule has 0 spiro atoms. The topological polar surface area (TPSA) is 38.3 Å². The minimum absolute atomic E-state index is 0.123. The molecule has 1 atom stereocenters. The van der Waals surface area contributed by atoms with Crippen LogP contribution in [0.1, 0.15) is 18.1 Å². The maximum atomic E-state index is 12.8. The minimum atomic E-state index is -0.298. The molecule has 0 aromatic heterocycles. The molecular weight excluding hydrogens is 293 g/mol. The van der Waals surface area contributed by atoms with Crippen molar-refractivity contribution in [2.45, 2.75) is 19.9 Å². The van der Waals surface area contributed by atoms with Crippen LogP contribution < -0.4 is 10.1 Å². The van der Waals surface area contributed by atoms with Gasteiger partial charge in [0.25, 0.3) is 0 Å². The van der Waals surface area contributed by atoms with E-state index in [2.05, 4.69) is 5.32 Å². The maximum Gasteiger partial charge on any atom is 0.244 e. The highest BCUT2D eigenvalue weighted by atomic mass is 19.1. The zero-order valence-electron chi connectivity index (χ0n) is 13.3. The number of nitrogens with one attached hydrogen (secondary N) is 1. The second-order valence-electron chi connectivity index (χ2n) is 5.42. The van der Waals surface area contributed by atoms with Crippen molar-refractivity contribution in [1.82, 2.24) is 5.32 Å². The van der Waals surface area contributed by atoms with Crippen molar-refractivity contribution in [1.29, 1.82) is 0 Å². The van der Waals surface area contributed by atoms with Crippen molar-refractivity contribution < 1.29 is 13.9 Å². The summed E-state index contributed by atoms with van der Waals surface area (Å²) in [5.41, 5.74) is 1.94. The molecule has 4 heteroatoms. The summed E-state index contributed by atoms with van der Waals surface area (Å²) in [7, 11) is 0. The van der Waals surface area contributed by atoms with E-state index in [1.807, 2.05) is 38.1 Å². The summed E-state index contributed by atoms with van der Waals surface area (Å²) in [5.74, 6) is 0.265. The van der Waals surface area contributed by atoms with Gasteiger partial charge in [0.15, 0.2) is 0 Å². The van der Waals surface area contributed by atoms with Crippen LogP contribution in [0.15, 0.2) is 54.6 Å². The van der Waals surface area contributed by atoms with E-state index in [4.69, 9.17) is 4.74 Å². The lowest BCUT2D eigenvalue weighted by atomic mass is 10.2. The van der Waals surface area contributed by atoms with Crippen molar-refractivity contribution in [2.24, 2.45) is 0 Å². The molecule has 0 fully saturated rings. The predicted octanol–water partition coefficient (Wildman–Crippen LogP) is 3.73. The van der Waals surface area contributed by atoms with E-state index < -0.39 is 0 Å². The third kappa shape index (κ3) is 5.94. The molecule has 3 nitrogen and oxygen atoms in total. The van der Waals surface area contributed by atoms with Crippen molar-refractivity contribution in [3.63, 3.8) is 0 Å². The molecule has 120 valence electrons. The molecule has 0 saturated heterocycles. The third-order valence-corrected chi connectivity index (χ3v) is 3.21. The van der Waals surface area contributed by atoms with Gasteiger partial charge < -0.3 is 10.1 Å². The van der Waals surface area contributed by atoms with E-state index in [1.165, 1.54) is 23.8 Å². The number of carbonyl (C=O) groups excluding carboxylic acids is 1. The molecule has 0 bridgehead atoms. The highest BCUT2D eigenvalue weighted by Crippen LogP contribution is 2.11. The monoisotopic (exact) mass is 313 g/mol. The van der Waals surface area contributed by atoms with Crippen LogP contribution in [0.4, 0.5) is 4.39 Å². The molecule has 1 N–H and O–H groups in total. The van der Waals surface area contributed by atoms with E-state index in [9.17, 15) is 9.18 Å². The number of hydrogen-bond acceptors (Lipinski definition) is 2. The van der Waals surface area contributed by atoms with Gasteiger partial charge in [0.05, 0.1) is 6.04 Å².